The second-order valence-electron chi connectivity index (χ2n) is 6.54. The quantitative estimate of drug-likeness (QED) is 0.831. The maximum atomic E-state index is 4.75. The molecule has 2 nitrogen and oxygen atoms in total. The fraction of sp³-hybridized carbons (Fsp3) is 0.929. The molecule has 17 heavy (non-hydrogen) atoms. The van der Waals surface area contributed by atoms with E-state index in [1.165, 1.54) is 12.2 Å². The molecule has 0 aromatic heterocycles. The van der Waals surface area contributed by atoms with Crippen LogP contribution in [0.5, 0.6) is 0 Å². The summed E-state index contributed by atoms with van der Waals surface area (Å²) in [5, 5.41) is 4.73. The molecule has 0 spiro atoms. The maximum absolute atomic E-state index is 4.75. The smallest absolute Gasteiger partial charge is 0.156 e. The standard InChI is InChI=1S/C14H28N2S/c1-10(2)12-7-8-17-13(16-12)15-9-11(3)14(4,5)6/h10-12H,7-9H2,1-6H3,(H,15,16). The second-order valence-corrected chi connectivity index (χ2v) is 7.63. The third-order valence-electron chi connectivity index (χ3n) is 3.77. The largest absolute Gasteiger partial charge is 0.362 e. The molecule has 0 radical (unpaired) electrons. The molecule has 1 heterocycles. The number of amidine groups is 1. The zero-order valence-electron chi connectivity index (χ0n) is 12.2. The average molecular weight is 256 g/mol. The van der Waals surface area contributed by atoms with Gasteiger partial charge in [-0.15, -0.1) is 0 Å². The van der Waals surface area contributed by atoms with Crippen LogP contribution in [0.2, 0.25) is 0 Å². The molecule has 0 aromatic rings. The van der Waals surface area contributed by atoms with Crippen molar-refractivity contribution >= 4 is 16.9 Å². The first kappa shape index (κ1) is 14.9. The van der Waals surface area contributed by atoms with Crippen LogP contribution in [0.25, 0.3) is 0 Å². The molecule has 1 rings (SSSR count). The van der Waals surface area contributed by atoms with Crippen molar-refractivity contribution in [1.29, 1.82) is 0 Å². The van der Waals surface area contributed by atoms with Crippen molar-refractivity contribution in [2.45, 2.75) is 54.0 Å². The van der Waals surface area contributed by atoms with Crippen molar-refractivity contribution < 1.29 is 0 Å². The molecule has 2 atom stereocenters. The van der Waals surface area contributed by atoms with Crippen molar-refractivity contribution in [3.8, 4) is 0 Å². The van der Waals surface area contributed by atoms with Gasteiger partial charge in [-0.3, -0.25) is 4.99 Å². The van der Waals surface area contributed by atoms with Gasteiger partial charge in [0.15, 0.2) is 5.17 Å². The Morgan fingerprint density at radius 2 is 2.00 bits per heavy atom. The van der Waals surface area contributed by atoms with E-state index >= 15 is 0 Å². The van der Waals surface area contributed by atoms with Gasteiger partial charge in [0.05, 0.1) is 0 Å². The van der Waals surface area contributed by atoms with E-state index in [-0.39, 0.29) is 0 Å². The molecular formula is C14H28N2S. The lowest BCUT2D eigenvalue weighted by Crippen LogP contribution is -2.41. The summed E-state index contributed by atoms with van der Waals surface area (Å²) in [5.74, 6) is 2.52. The van der Waals surface area contributed by atoms with Crippen molar-refractivity contribution in [2.75, 3.05) is 12.3 Å². The first-order chi connectivity index (χ1) is 7.80. The molecule has 1 aliphatic heterocycles. The lowest BCUT2D eigenvalue weighted by Gasteiger charge is -2.30. The molecule has 100 valence electrons. The Kier molecular flexibility index (Phi) is 5.36. The van der Waals surface area contributed by atoms with E-state index in [1.807, 2.05) is 11.8 Å². The van der Waals surface area contributed by atoms with Gasteiger partial charge in [0.25, 0.3) is 0 Å². The first-order valence-corrected chi connectivity index (χ1v) is 7.73. The van der Waals surface area contributed by atoms with Gasteiger partial charge >= 0.3 is 0 Å². The van der Waals surface area contributed by atoms with Crippen LogP contribution in [0.1, 0.15) is 48.0 Å². The van der Waals surface area contributed by atoms with Crippen molar-refractivity contribution in [3.05, 3.63) is 0 Å². The van der Waals surface area contributed by atoms with E-state index in [0.717, 1.165) is 11.7 Å². The molecule has 1 N–H and O–H groups in total. The van der Waals surface area contributed by atoms with Gasteiger partial charge < -0.3 is 5.32 Å². The van der Waals surface area contributed by atoms with E-state index in [0.29, 0.717) is 23.3 Å². The van der Waals surface area contributed by atoms with Gasteiger partial charge in [-0.2, -0.15) is 0 Å². The predicted molar refractivity (Wildman–Crippen MR) is 79.8 cm³/mol. The maximum Gasteiger partial charge on any atom is 0.156 e. The monoisotopic (exact) mass is 256 g/mol. The highest BCUT2D eigenvalue weighted by Crippen LogP contribution is 2.26. The number of nitrogens with zero attached hydrogens (tertiary/aromatic N) is 1. The summed E-state index contributed by atoms with van der Waals surface area (Å²) in [6.07, 6.45) is 1.26. The second kappa shape index (κ2) is 6.12. The van der Waals surface area contributed by atoms with Gasteiger partial charge in [-0.1, -0.05) is 53.3 Å². The predicted octanol–water partition coefficient (Wildman–Crippen LogP) is 3.78. The van der Waals surface area contributed by atoms with E-state index < -0.39 is 0 Å². The Morgan fingerprint density at radius 1 is 1.35 bits per heavy atom. The summed E-state index contributed by atoms with van der Waals surface area (Å²) in [6, 6.07) is 0.611. The number of hydrogen-bond acceptors (Lipinski definition) is 2. The van der Waals surface area contributed by atoms with E-state index in [2.05, 4.69) is 46.9 Å². The summed E-state index contributed by atoms with van der Waals surface area (Å²) in [4.78, 5) is 4.75. The summed E-state index contributed by atoms with van der Waals surface area (Å²) >= 11 is 1.88. The Hall–Kier alpha value is -0.180. The van der Waals surface area contributed by atoms with Crippen molar-refractivity contribution in [3.63, 3.8) is 0 Å². The molecule has 1 aliphatic rings. The third-order valence-corrected chi connectivity index (χ3v) is 4.73. The lowest BCUT2D eigenvalue weighted by atomic mass is 9.82. The minimum atomic E-state index is 0.348. The number of aliphatic imine (C=N–C) groups is 1. The Morgan fingerprint density at radius 3 is 2.53 bits per heavy atom. The topological polar surface area (TPSA) is 24.4 Å². The molecule has 0 aromatic carbocycles. The molecule has 0 bridgehead atoms. The molecule has 3 heteroatoms. The average Bonchev–Trinajstić information content (AvgIpc) is 2.25. The Balaban J connectivity index is 2.49. The van der Waals surface area contributed by atoms with Crippen molar-refractivity contribution in [2.24, 2.45) is 22.2 Å². The van der Waals surface area contributed by atoms with Gasteiger partial charge in [-0.05, 0) is 23.7 Å². The Labute approximate surface area is 111 Å². The Bertz CT molecular complexity index is 266. The zero-order valence-corrected chi connectivity index (χ0v) is 13.0. The van der Waals surface area contributed by atoms with Crippen LogP contribution in [-0.2, 0) is 0 Å². The minimum Gasteiger partial charge on any atom is -0.362 e. The highest BCUT2D eigenvalue weighted by Gasteiger charge is 2.22. The molecule has 1 fully saturated rings. The highest BCUT2D eigenvalue weighted by molar-refractivity contribution is 8.13. The van der Waals surface area contributed by atoms with Gasteiger partial charge in [0.2, 0.25) is 0 Å². The van der Waals surface area contributed by atoms with Gasteiger partial charge in [0.1, 0.15) is 0 Å². The van der Waals surface area contributed by atoms with Crippen molar-refractivity contribution in [1.82, 2.24) is 5.32 Å². The van der Waals surface area contributed by atoms with E-state index in [4.69, 9.17) is 4.99 Å². The number of nitrogens with one attached hydrogen (secondary N) is 1. The van der Waals surface area contributed by atoms with E-state index in [1.54, 1.807) is 0 Å². The van der Waals surface area contributed by atoms with Gasteiger partial charge in [0, 0.05) is 18.3 Å². The molecule has 2 unspecified atom stereocenters. The fourth-order valence-electron chi connectivity index (χ4n) is 1.64. The minimum absolute atomic E-state index is 0.348. The van der Waals surface area contributed by atoms with Crippen LogP contribution in [0.15, 0.2) is 4.99 Å². The van der Waals surface area contributed by atoms with Crippen LogP contribution < -0.4 is 5.32 Å². The zero-order chi connectivity index (χ0) is 13.1. The van der Waals surface area contributed by atoms with Crippen LogP contribution in [0, 0.1) is 17.3 Å². The fourth-order valence-corrected chi connectivity index (χ4v) is 2.61. The SMILES string of the molecule is CC(C)C1CCSC(=NCC(C)C(C)(C)C)N1. The molecular weight excluding hydrogens is 228 g/mol. The molecule has 0 saturated carbocycles. The van der Waals surface area contributed by atoms with Crippen LogP contribution >= 0.6 is 11.8 Å². The summed E-state index contributed by atoms with van der Waals surface area (Å²) in [7, 11) is 0. The molecule has 1 saturated heterocycles. The highest BCUT2D eigenvalue weighted by atomic mass is 32.2. The van der Waals surface area contributed by atoms with Crippen LogP contribution in [0.3, 0.4) is 0 Å². The van der Waals surface area contributed by atoms with Crippen LogP contribution in [0.4, 0.5) is 0 Å². The van der Waals surface area contributed by atoms with E-state index in [9.17, 15) is 0 Å². The summed E-state index contributed by atoms with van der Waals surface area (Å²) in [6.45, 7) is 14.6. The molecule has 0 aliphatic carbocycles. The normalized spacial score (nSPS) is 26.1. The van der Waals surface area contributed by atoms with Gasteiger partial charge in [-0.25, -0.2) is 0 Å². The number of rotatable bonds is 3. The van der Waals surface area contributed by atoms with Crippen LogP contribution in [-0.4, -0.2) is 23.5 Å². The third kappa shape index (κ3) is 4.90. The molecule has 0 amide bonds. The summed E-state index contributed by atoms with van der Waals surface area (Å²) < 4.78 is 0. The number of hydrogen-bond donors (Lipinski definition) is 1. The lowest BCUT2D eigenvalue weighted by molar-refractivity contribution is 0.269. The summed E-state index contributed by atoms with van der Waals surface area (Å²) in [5.41, 5.74) is 0.348. The first-order valence-electron chi connectivity index (χ1n) is 6.74. The number of thioether (sulfide) groups is 1.